The van der Waals surface area contributed by atoms with Crippen molar-refractivity contribution in [3.05, 3.63) is 82.0 Å². The molecular weight excluding hydrogens is 471 g/mol. The lowest BCUT2D eigenvalue weighted by Crippen LogP contribution is -2.32. The van der Waals surface area contributed by atoms with Gasteiger partial charge >= 0.3 is 5.97 Å². The molecule has 0 atom stereocenters. The van der Waals surface area contributed by atoms with Crippen LogP contribution in [0, 0.1) is 0 Å². The van der Waals surface area contributed by atoms with Gasteiger partial charge in [-0.15, -0.1) is 0 Å². The lowest BCUT2D eigenvalue weighted by molar-refractivity contribution is -0.115. The number of halogens is 2. The van der Waals surface area contributed by atoms with Crippen LogP contribution in [0.15, 0.2) is 65.1 Å². The van der Waals surface area contributed by atoms with E-state index in [1.54, 1.807) is 61.5 Å². The molecule has 0 bridgehead atoms. The molecule has 0 aliphatic rings. The van der Waals surface area contributed by atoms with Gasteiger partial charge in [0.1, 0.15) is 11.5 Å². The monoisotopic (exact) mass is 488 g/mol. The number of esters is 1. The topological polar surface area (TPSA) is 80.6 Å². The first kappa shape index (κ1) is 23.5. The van der Waals surface area contributed by atoms with Crippen molar-refractivity contribution >= 4 is 64.2 Å². The Morgan fingerprint density at radius 2 is 1.75 bits per heavy atom. The Morgan fingerprint density at radius 3 is 2.41 bits per heavy atom. The number of amides is 1. The number of anilines is 1. The molecule has 164 valence electrons. The molecule has 3 rings (SSSR count). The van der Waals surface area contributed by atoms with Crippen LogP contribution in [0.25, 0.3) is 17.4 Å². The minimum absolute atomic E-state index is 0.109. The summed E-state index contributed by atoms with van der Waals surface area (Å²) in [6, 6.07) is 15.1. The summed E-state index contributed by atoms with van der Waals surface area (Å²) in [5.41, 5.74) is 1.77. The van der Waals surface area contributed by atoms with Crippen LogP contribution in [0.5, 0.6) is 0 Å². The fourth-order valence-corrected chi connectivity index (χ4v) is 3.42. The third-order valence-electron chi connectivity index (χ3n) is 4.06. The lowest BCUT2D eigenvalue weighted by Gasteiger charge is -2.08. The Bertz CT molecular complexity index is 1150. The Kier molecular flexibility index (Phi) is 8.05. The summed E-state index contributed by atoms with van der Waals surface area (Å²) in [5.74, 6) is 0.201. The molecule has 3 aromatic rings. The van der Waals surface area contributed by atoms with Crippen molar-refractivity contribution in [1.29, 1.82) is 0 Å². The van der Waals surface area contributed by atoms with Gasteiger partial charge in [0.2, 0.25) is 5.91 Å². The molecule has 9 heteroatoms. The van der Waals surface area contributed by atoms with Crippen molar-refractivity contribution in [1.82, 2.24) is 5.32 Å². The van der Waals surface area contributed by atoms with Crippen LogP contribution >= 0.6 is 35.4 Å². The van der Waals surface area contributed by atoms with Gasteiger partial charge in [-0.2, -0.15) is 0 Å². The van der Waals surface area contributed by atoms with Crippen LogP contribution in [0.2, 0.25) is 10.0 Å². The predicted octanol–water partition coefficient (Wildman–Crippen LogP) is 5.96. The summed E-state index contributed by atoms with van der Waals surface area (Å²) in [6.45, 7) is 2.04. The summed E-state index contributed by atoms with van der Waals surface area (Å²) in [6.07, 6.45) is 2.81. The van der Waals surface area contributed by atoms with Crippen LogP contribution in [-0.4, -0.2) is 23.6 Å². The zero-order valence-electron chi connectivity index (χ0n) is 16.9. The number of hydrogen-bond donors (Lipinski definition) is 2. The lowest BCUT2D eigenvalue weighted by atomic mass is 10.2. The highest BCUT2D eigenvalue weighted by Gasteiger charge is 2.08. The molecule has 1 amide bonds. The minimum Gasteiger partial charge on any atom is -0.462 e. The molecule has 0 saturated carbocycles. The number of hydrogen-bond acceptors (Lipinski definition) is 5. The maximum absolute atomic E-state index is 12.1. The van der Waals surface area contributed by atoms with E-state index >= 15 is 0 Å². The van der Waals surface area contributed by atoms with Crippen LogP contribution in [0.4, 0.5) is 5.69 Å². The average Bonchev–Trinajstić information content (AvgIpc) is 3.21. The van der Waals surface area contributed by atoms with Gasteiger partial charge in [0.15, 0.2) is 5.11 Å². The highest BCUT2D eigenvalue weighted by molar-refractivity contribution is 7.80. The van der Waals surface area contributed by atoms with E-state index < -0.39 is 11.9 Å². The number of rotatable bonds is 6. The molecule has 0 aliphatic carbocycles. The van der Waals surface area contributed by atoms with Gasteiger partial charge < -0.3 is 14.5 Å². The molecule has 0 unspecified atom stereocenters. The van der Waals surface area contributed by atoms with E-state index in [1.165, 1.54) is 12.2 Å². The molecule has 0 fully saturated rings. The van der Waals surface area contributed by atoms with Crippen molar-refractivity contribution in [2.24, 2.45) is 0 Å². The fourth-order valence-electron chi connectivity index (χ4n) is 2.67. The maximum atomic E-state index is 12.1. The van der Waals surface area contributed by atoms with Crippen molar-refractivity contribution in [2.45, 2.75) is 6.92 Å². The van der Waals surface area contributed by atoms with Crippen molar-refractivity contribution < 1.29 is 18.7 Å². The number of ether oxygens (including phenoxy) is 1. The first-order valence-corrected chi connectivity index (χ1v) is 10.6. The Labute approximate surface area is 200 Å². The Balaban J connectivity index is 1.54. The zero-order chi connectivity index (χ0) is 23.1. The van der Waals surface area contributed by atoms with Crippen LogP contribution in [-0.2, 0) is 9.53 Å². The molecule has 0 spiro atoms. The van der Waals surface area contributed by atoms with Crippen molar-refractivity contribution in [3.8, 4) is 11.3 Å². The maximum Gasteiger partial charge on any atom is 0.338 e. The van der Waals surface area contributed by atoms with E-state index in [9.17, 15) is 9.59 Å². The number of thiocarbonyl (C=S) groups is 1. The van der Waals surface area contributed by atoms with Gasteiger partial charge in [-0.05, 0) is 79.8 Å². The number of carbonyl (C=O) groups is 2. The zero-order valence-corrected chi connectivity index (χ0v) is 19.2. The highest BCUT2D eigenvalue weighted by atomic mass is 35.5. The molecule has 2 N–H and O–H groups in total. The van der Waals surface area contributed by atoms with E-state index in [-0.39, 0.29) is 5.11 Å². The third-order valence-corrected chi connectivity index (χ3v) is 4.70. The first-order chi connectivity index (χ1) is 15.3. The van der Waals surface area contributed by atoms with E-state index in [0.717, 1.165) is 5.56 Å². The first-order valence-electron chi connectivity index (χ1n) is 9.47. The van der Waals surface area contributed by atoms with Gasteiger partial charge in [-0.25, -0.2) is 4.79 Å². The van der Waals surface area contributed by atoms with Crippen molar-refractivity contribution in [3.63, 3.8) is 0 Å². The number of furan rings is 1. The molecule has 2 aromatic carbocycles. The Morgan fingerprint density at radius 1 is 1.06 bits per heavy atom. The minimum atomic E-state index is -0.436. The van der Waals surface area contributed by atoms with E-state index in [4.69, 9.17) is 44.6 Å². The smallest absolute Gasteiger partial charge is 0.338 e. The second-order valence-corrected chi connectivity index (χ2v) is 7.72. The van der Waals surface area contributed by atoms with Crippen LogP contribution in [0.3, 0.4) is 0 Å². The molecule has 0 saturated heterocycles. The average molecular weight is 489 g/mol. The SMILES string of the molecule is CCOC(=O)c1ccc(NC(=S)NC(=O)/C=C/c2ccc(-c3cc(Cl)cc(Cl)c3)o2)cc1. The Hall–Kier alpha value is -3.13. The molecule has 0 radical (unpaired) electrons. The predicted molar refractivity (Wildman–Crippen MR) is 130 cm³/mol. The number of nitrogens with one attached hydrogen (secondary N) is 2. The molecule has 0 aliphatic heterocycles. The summed E-state index contributed by atoms with van der Waals surface area (Å²) < 4.78 is 10.6. The molecule has 1 heterocycles. The van der Waals surface area contributed by atoms with Gasteiger partial charge in [0.05, 0.1) is 12.2 Å². The van der Waals surface area contributed by atoms with Crippen LogP contribution < -0.4 is 10.6 Å². The van der Waals surface area contributed by atoms with Crippen molar-refractivity contribution in [2.75, 3.05) is 11.9 Å². The fraction of sp³-hybridized carbons (Fsp3) is 0.0870. The molecular formula is C23H18Cl2N2O4S. The van der Waals surface area contributed by atoms with Crippen LogP contribution in [0.1, 0.15) is 23.0 Å². The highest BCUT2D eigenvalue weighted by Crippen LogP contribution is 2.28. The number of carbonyl (C=O) groups excluding carboxylic acids is 2. The standard InChI is InChI=1S/C23H18Cl2N2O4S/c1-2-30-22(29)14-3-5-18(6-4-14)26-23(32)27-21(28)10-8-19-7-9-20(31-19)15-11-16(24)13-17(25)12-15/h3-13H,2H2,1H3,(H2,26,27,28,32)/b10-8+. The summed E-state index contributed by atoms with van der Waals surface area (Å²) in [5, 5.41) is 6.51. The summed E-state index contributed by atoms with van der Waals surface area (Å²) in [7, 11) is 0. The van der Waals surface area contributed by atoms with Gasteiger partial charge in [0, 0.05) is 27.4 Å². The second kappa shape index (κ2) is 10.9. The van der Waals surface area contributed by atoms with E-state index in [0.29, 0.717) is 39.4 Å². The second-order valence-electron chi connectivity index (χ2n) is 6.43. The van der Waals surface area contributed by atoms with E-state index in [2.05, 4.69) is 10.6 Å². The molecule has 6 nitrogen and oxygen atoms in total. The normalized spacial score (nSPS) is 10.7. The molecule has 32 heavy (non-hydrogen) atoms. The van der Waals surface area contributed by atoms with Gasteiger partial charge in [0.25, 0.3) is 0 Å². The largest absolute Gasteiger partial charge is 0.462 e. The third kappa shape index (κ3) is 6.68. The molecule has 1 aromatic heterocycles. The quantitative estimate of drug-likeness (QED) is 0.253. The summed E-state index contributed by atoms with van der Waals surface area (Å²) in [4.78, 5) is 23.8. The summed E-state index contributed by atoms with van der Waals surface area (Å²) >= 11 is 17.2. The van der Waals surface area contributed by atoms with E-state index in [1.807, 2.05) is 0 Å². The van der Waals surface area contributed by atoms with Gasteiger partial charge in [-0.1, -0.05) is 23.2 Å². The number of benzene rings is 2. The van der Waals surface area contributed by atoms with Gasteiger partial charge in [-0.3, -0.25) is 10.1 Å².